The fourth-order valence-electron chi connectivity index (χ4n) is 2.97. The maximum Gasteiger partial charge on any atom is 0.291 e. The molecule has 152 valence electrons. The third-order valence-corrected chi connectivity index (χ3v) is 9.95. The molecule has 1 aliphatic rings. The van der Waals surface area contributed by atoms with Crippen LogP contribution in [0, 0.1) is 13.8 Å². The van der Waals surface area contributed by atoms with E-state index in [0.717, 1.165) is 11.5 Å². The predicted molar refractivity (Wildman–Crippen MR) is 106 cm³/mol. The summed E-state index contributed by atoms with van der Waals surface area (Å²) < 4.78 is 45.6. The highest BCUT2D eigenvalue weighted by atomic mass is 32.3. The van der Waals surface area contributed by atoms with Crippen molar-refractivity contribution in [2.24, 2.45) is 3.77 Å². The van der Waals surface area contributed by atoms with Gasteiger partial charge in [-0.25, -0.2) is 4.21 Å². The molecule has 0 spiro atoms. The van der Waals surface area contributed by atoms with Crippen LogP contribution in [0.5, 0.6) is 0 Å². The van der Waals surface area contributed by atoms with Gasteiger partial charge in [-0.3, -0.25) is 9.78 Å². The quantitative estimate of drug-likeness (QED) is 0.704. The van der Waals surface area contributed by atoms with Crippen molar-refractivity contribution in [3.8, 4) is 0 Å². The highest BCUT2D eigenvalue weighted by molar-refractivity contribution is 8.03. The molecule has 1 atom stereocenters. The zero-order chi connectivity index (χ0) is 20.5. The summed E-state index contributed by atoms with van der Waals surface area (Å²) in [5.41, 5.74) is 1.27. The lowest BCUT2D eigenvalue weighted by Gasteiger charge is -2.32. The number of carbonyl (C=O) groups excluding carboxylic acids is 1. The monoisotopic (exact) mass is 443 g/mol. The molecule has 0 bridgehead atoms. The summed E-state index contributed by atoms with van der Waals surface area (Å²) in [6, 6.07) is 2.98. The number of likely N-dealkylation sites (tertiary alicyclic amines) is 1. The van der Waals surface area contributed by atoms with E-state index in [9.17, 15) is 17.4 Å². The first-order valence-electron chi connectivity index (χ1n) is 8.58. The van der Waals surface area contributed by atoms with Crippen molar-refractivity contribution in [1.82, 2.24) is 19.5 Å². The maximum atomic E-state index is 13.1. The lowest BCUT2D eigenvalue weighted by molar-refractivity contribution is 0.0730. The van der Waals surface area contributed by atoms with Crippen molar-refractivity contribution in [2.75, 3.05) is 19.3 Å². The minimum atomic E-state index is -4.06. The molecule has 9 nitrogen and oxygen atoms in total. The Morgan fingerprint density at radius 2 is 1.89 bits per heavy atom. The number of pyridine rings is 1. The topological polar surface area (TPSA) is 123 Å². The van der Waals surface area contributed by atoms with Gasteiger partial charge in [0.1, 0.15) is 9.77 Å². The van der Waals surface area contributed by atoms with Crippen molar-refractivity contribution in [1.29, 1.82) is 0 Å². The molecule has 1 amide bonds. The molecule has 0 radical (unpaired) electrons. The first-order valence-corrected chi connectivity index (χ1v) is 12.8. The summed E-state index contributed by atoms with van der Waals surface area (Å²) in [4.78, 5) is 18.6. The van der Waals surface area contributed by atoms with E-state index in [1.807, 2.05) is 0 Å². The van der Waals surface area contributed by atoms with E-state index >= 15 is 0 Å². The van der Waals surface area contributed by atoms with Crippen LogP contribution in [0.4, 0.5) is 0 Å². The number of hydrogen-bond acceptors (Lipinski definition) is 8. The van der Waals surface area contributed by atoms with Gasteiger partial charge in [0.05, 0.1) is 15.4 Å². The average molecular weight is 444 g/mol. The molecule has 3 rings (SSSR count). The number of rotatable bonds is 4. The van der Waals surface area contributed by atoms with Crippen molar-refractivity contribution >= 4 is 37.2 Å². The van der Waals surface area contributed by atoms with Gasteiger partial charge < -0.3 is 4.90 Å². The number of aryl methyl sites for hydroxylation is 2. The molecule has 1 fully saturated rings. The van der Waals surface area contributed by atoms with Gasteiger partial charge in [-0.2, -0.15) is 8.42 Å². The molecular weight excluding hydrogens is 422 g/mol. The number of hydrogen-bond donors (Lipinski definition) is 0. The number of nitrogens with zero attached hydrogens (tertiary/aromatic N) is 5. The second-order valence-corrected chi connectivity index (χ2v) is 11.9. The van der Waals surface area contributed by atoms with Crippen LogP contribution in [0.1, 0.15) is 33.9 Å². The summed E-state index contributed by atoms with van der Waals surface area (Å²) in [7, 11) is -7.07. The van der Waals surface area contributed by atoms with Gasteiger partial charge in [-0.15, -0.1) is 8.87 Å². The molecule has 2 aromatic heterocycles. The largest absolute Gasteiger partial charge is 0.338 e. The summed E-state index contributed by atoms with van der Waals surface area (Å²) in [5, 5.41) is 3.44. The molecule has 2 aromatic rings. The molecule has 12 heteroatoms. The molecule has 3 heterocycles. The fourth-order valence-corrected chi connectivity index (χ4v) is 7.50. The Labute approximate surface area is 168 Å². The van der Waals surface area contributed by atoms with Gasteiger partial charge in [-0.05, 0) is 50.4 Å². The van der Waals surface area contributed by atoms with Crippen molar-refractivity contribution in [3.63, 3.8) is 0 Å². The highest BCUT2D eigenvalue weighted by Crippen LogP contribution is 2.24. The molecular formula is C16H21N5O4S3. The van der Waals surface area contributed by atoms with Crippen LogP contribution in [0.3, 0.4) is 0 Å². The predicted octanol–water partition coefficient (Wildman–Crippen LogP) is 1.64. The minimum Gasteiger partial charge on any atom is -0.338 e. The van der Waals surface area contributed by atoms with Crippen LogP contribution in [-0.4, -0.2) is 62.6 Å². The van der Waals surface area contributed by atoms with Crippen molar-refractivity contribution in [2.45, 2.75) is 36.8 Å². The lowest BCUT2D eigenvalue weighted by Crippen LogP contribution is -2.42. The minimum absolute atomic E-state index is 0.0755. The van der Waals surface area contributed by atoms with Crippen LogP contribution >= 0.6 is 11.5 Å². The van der Waals surface area contributed by atoms with E-state index in [0.29, 0.717) is 42.2 Å². The fraction of sp³-hybridized carbons (Fsp3) is 0.500. The number of amides is 1. The Morgan fingerprint density at radius 3 is 2.43 bits per heavy atom. The smallest absolute Gasteiger partial charge is 0.291 e. The molecule has 1 aliphatic heterocycles. The molecule has 1 unspecified atom stereocenters. The first-order chi connectivity index (χ1) is 13.1. The van der Waals surface area contributed by atoms with Crippen LogP contribution < -0.4 is 0 Å². The average Bonchev–Trinajstić information content (AvgIpc) is 3.06. The number of aromatic nitrogens is 3. The Bertz CT molecular complexity index is 1090. The van der Waals surface area contributed by atoms with Gasteiger partial charge >= 0.3 is 0 Å². The molecule has 0 aliphatic carbocycles. The standard InChI is InChI=1S/C16H21N5O4S3/c1-11-4-5-14(10-17-11)28(24,25)20-27(3,23)13-6-8-21(9-7-13)16(22)15-12(2)18-19-26-15/h4-5,10,13H,6-9H2,1-3H3. The highest BCUT2D eigenvalue weighted by Gasteiger charge is 2.31. The number of sulfonamides is 1. The second-order valence-electron chi connectivity index (χ2n) is 6.73. The Hall–Kier alpha value is -1.92. The summed E-state index contributed by atoms with van der Waals surface area (Å²) in [6.45, 7) is 4.24. The van der Waals surface area contributed by atoms with E-state index in [2.05, 4.69) is 18.3 Å². The summed E-state index contributed by atoms with van der Waals surface area (Å²) in [6.07, 6.45) is 3.41. The van der Waals surface area contributed by atoms with Crippen LogP contribution in [0.2, 0.25) is 0 Å². The lowest BCUT2D eigenvalue weighted by atomic mass is 10.1. The number of carbonyl (C=O) groups is 1. The zero-order valence-electron chi connectivity index (χ0n) is 15.7. The Balaban J connectivity index is 1.74. The van der Waals surface area contributed by atoms with E-state index in [1.54, 1.807) is 24.8 Å². The van der Waals surface area contributed by atoms with Gasteiger partial charge in [0, 0.05) is 36.5 Å². The van der Waals surface area contributed by atoms with E-state index in [4.69, 9.17) is 0 Å². The molecule has 0 aromatic carbocycles. The SMILES string of the molecule is Cc1ccc(S(=O)(=O)N=S(C)(=O)C2CCN(C(=O)c3snnc3C)CC2)cn1. The zero-order valence-corrected chi connectivity index (χ0v) is 18.2. The summed E-state index contributed by atoms with van der Waals surface area (Å²) >= 11 is 1.05. The number of piperidine rings is 1. The maximum absolute atomic E-state index is 13.1. The third-order valence-electron chi connectivity index (χ3n) is 4.62. The van der Waals surface area contributed by atoms with Gasteiger partial charge in [0.15, 0.2) is 0 Å². The van der Waals surface area contributed by atoms with Crippen LogP contribution in [-0.2, 0) is 19.8 Å². The van der Waals surface area contributed by atoms with Gasteiger partial charge in [0.25, 0.3) is 15.9 Å². The van der Waals surface area contributed by atoms with E-state index in [1.165, 1.54) is 18.5 Å². The van der Waals surface area contributed by atoms with E-state index in [-0.39, 0.29) is 10.8 Å². The van der Waals surface area contributed by atoms with Crippen molar-refractivity contribution < 1.29 is 17.4 Å². The first kappa shape index (κ1) is 20.8. The Morgan fingerprint density at radius 1 is 1.21 bits per heavy atom. The van der Waals surface area contributed by atoms with Crippen molar-refractivity contribution in [3.05, 3.63) is 34.6 Å². The van der Waals surface area contributed by atoms with Crippen LogP contribution in [0.25, 0.3) is 0 Å². The molecule has 28 heavy (non-hydrogen) atoms. The summed E-state index contributed by atoms with van der Waals surface area (Å²) in [5.74, 6) is -0.149. The second kappa shape index (κ2) is 7.84. The van der Waals surface area contributed by atoms with Crippen LogP contribution in [0.15, 0.2) is 27.0 Å². The van der Waals surface area contributed by atoms with Gasteiger partial charge in [-0.1, -0.05) is 4.49 Å². The van der Waals surface area contributed by atoms with E-state index < -0.39 is 25.0 Å². The van der Waals surface area contributed by atoms with Gasteiger partial charge in [0.2, 0.25) is 0 Å². The third kappa shape index (κ3) is 4.39. The molecule has 0 saturated carbocycles. The normalized spacial score (nSPS) is 17.9. The Kier molecular flexibility index (Phi) is 5.82. The molecule has 0 N–H and O–H groups in total. The molecule has 1 saturated heterocycles.